The van der Waals surface area contributed by atoms with Crippen molar-refractivity contribution < 1.29 is 0 Å². The second-order valence-corrected chi connectivity index (χ2v) is 14.6. The average molecular weight is 739 g/mol. The highest BCUT2D eigenvalue weighted by molar-refractivity contribution is 6.33. The summed E-state index contributed by atoms with van der Waals surface area (Å²) >= 11 is 0. The summed E-state index contributed by atoms with van der Waals surface area (Å²) in [7, 11) is 0. The van der Waals surface area contributed by atoms with Crippen LogP contribution in [0.1, 0.15) is 0 Å². The molecule has 11 aromatic rings. The molecule has 0 aliphatic rings. The van der Waals surface area contributed by atoms with Crippen molar-refractivity contribution >= 4 is 43.2 Å². The fourth-order valence-corrected chi connectivity index (χ4v) is 8.33. The number of nitrogens with zero attached hydrogens (tertiary/aromatic N) is 4. The van der Waals surface area contributed by atoms with Crippen LogP contribution in [-0.4, -0.2) is 19.9 Å². The Bertz CT molecular complexity index is 3310. The van der Waals surface area contributed by atoms with Crippen LogP contribution in [0.4, 0.5) is 0 Å². The number of rotatable bonds is 6. The molecule has 0 atom stereocenters. The molecule has 0 aliphatic heterocycles. The van der Waals surface area contributed by atoms with Crippen LogP contribution in [0, 0.1) is 0 Å². The van der Waals surface area contributed by atoms with Crippen molar-refractivity contribution in [3.05, 3.63) is 206 Å². The van der Waals surface area contributed by atoms with Crippen molar-refractivity contribution in [1.82, 2.24) is 19.9 Å². The van der Waals surface area contributed by atoms with E-state index >= 15 is 0 Å². The largest absolute Gasteiger partial charge is 0.255 e. The summed E-state index contributed by atoms with van der Waals surface area (Å²) in [6, 6.07) is 70.2. The van der Waals surface area contributed by atoms with Gasteiger partial charge in [-0.2, -0.15) is 0 Å². The van der Waals surface area contributed by atoms with E-state index in [0.29, 0.717) is 5.82 Å². The summed E-state index contributed by atoms with van der Waals surface area (Å²) in [6.07, 6.45) is 1.80. The number of para-hydroxylation sites is 1. The highest BCUT2D eigenvalue weighted by Crippen LogP contribution is 2.43. The monoisotopic (exact) mass is 738 g/mol. The maximum absolute atomic E-state index is 5.39. The van der Waals surface area contributed by atoms with Crippen LogP contribution in [0.2, 0.25) is 0 Å². The number of fused-ring (bicyclic) bond motifs is 8. The van der Waals surface area contributed by atoms with Gasteiger partial charge in [-0.1, -0.05) is 170 Å². The second kappa shape index (κ2) is 14.0. The Hall–Kier alpha value is -7.82. The highest BCUT2D eigenvalue weighted by Gasteiger charge is 2.18. The second-order valence-electron chi connectivity index (χ2n) is 14.6. The van der Waals surface area contributed by atoms with Gasteiger partial charge in [-0.05, 0) is 74.1 Å². The van der Waals surface area contributed by atoms with Gasteiger partial charge in [0.2, 0.25) is 0 Å². The van der Waals surface area contributed by atoms with Crippen molar-refractivity contribution in [2.45, 2.75) is 0 Å². The average Bonchev–Trinajstić information content (AvgIpc) is 3.31. The molecular formula is C54H34N4. The van der Waals surface area contributed by atoms with Crippen LogP contribution in [0.15, 0.2) is 206 Å². The lowest BCUT2D eigenvalue weighted by Gasteiger charge is -2.16. The predicted molar refractivity (Wildman–Crippen MR) is 240 cm³/mol. The number of aromatic nitrogens is 4. The number of hydrogen-bond acceptors (Lipinski definition) is 4. The zero-order chi connectivity index (χ0) is 38.4. The van der Waals surface area contributed by atoms with Gasteiger partial charge in [0.15, 0.2) is 5.82 Å². The van der Waals surface area contributed by atoms with Gasteiger partial charge >= 0.3 is 0 Å². The molecule has 0 radical (unpaired) electrons. The molecule has 3 heterocycles. The molecule has 0 saturated heterocycles. The van der Waals surface area contributed by atoms with Gasteiger partial charge in [0.05, 0.1) is 28.3 Å². The Morgan fingerprint density at radius 3 is 1.53 bits per heavy atom. The Morgan fingerprint density at radius 2 is 0.810 bits per heavy atom. The van der Waals surface area contributed by atoms with Crippen LogP contribution < -0.4 is 0 Å². The summed E-state index contributed by atoms with van der Waals surface area (Å²) in [5.74, 6) is 0.657. The van der Waals surface area contributed by atoms with E-state index in [9.17, 15) is 0 Å². The Morgan fingerprint density at radius 1 is 0.276 bits per heavy atom. The maximum Gasteiger partial charge on any atom is 0.160 e. The first-order chi connectivity index (χ1) is 28.7. The van der Waals surface area contributed by atoms with E-state index in [0.717, 1.165) is 61.7 Å². The Labute approximate surface area is 335 Å². The van der Waals surface area contributed by atoms with Gasteiger partial charge in [-0.15, -0.1) is 0 Å². The number of benzene rings is 8. The van der Waals surface area contributed by atoms with Crippen LogP contribution in [0.3, 0.4) is 0 Å². The number of hydrogen-bond donors (Lipinski definition) is 0. The molecule has 58 heavy (non-hydrogen) atoms. The van der Waals surface area contributed by atoms with E-state index in [1.54, 1.807) is 6.20 Å². The molecule has 4 nitrogen and oxygen atoms in total. The highest BCUT2D eigenvalue weighted by atomic mass is 14.9. The van der Waals surface area contributed by atoms with Crippen molar-refractivity contribution in [2.75, 3.05) is 0 Å². The topological polar surface area (TPSA) is 51.6 Å². The predicted octanol–water partition coefficient (Wildman–Crippen LogP) is 13.9. The molecular weight excluding hydrogens is 705 g/mol. The molecule has 0 spiro atoms. The molecule has 0 saturated carbocycles. The van der Waals surface area contributed by atoms with E-state index in [4.69, 9.17) is 15.0 Å². The zero-order valence-electron chi connectivity index (χ0n) is 31.4. The lowest BCUT2D eigenvalue weighted by molar-refractivity contribution is 1.16. The Balaban J connectivity index is 1.01. The van der Waals surface area contributed by atoms with Crippen LogP contribution in [-0.2, 0) is 0 Å². The summed E-state index contributed by atoms with van der Waals surface area (Å²) in [6.45, 7) is 0. The lowest BCUT2D eigenvalue weighted by atomic mass is 9.89. The van der Waals surface area contributed by atoms with Crippen molar-refractivity contribution in [2.24, 2.45) is 0 Å². The van der Waals surface area contributed by atoms with Crippen molar-refractivity contribution in [1.29, 1.82) is 0 Å². The fourth-order valence-electron chi connectivity index (χ4n) is 8.33. The van der Waals surface area contributed by atoms with Gasteiger partial charge in [0, 0.05) is 39.0 Å². The molecule has 4 heteroatoms. The van der Waals surface area contributed by atoms with Gasteiger partial charge in [0.1, 0.15) is 0 Å². The molecule has 0 N–H and O–H groups in total. The molecule has 3 aromatic heterocycles. The first kappa shape index (κ1) is 33.5. The smallest absolute Gasteiger partial charge is 0.160 e. The third-order valence-electron chi connectivity index (χ3n) is 11.1. The molecule has 0 unspecified atom stereocenters. The van der Waals surface area contributed by atoms with E-state index in [1.807, 2.05) is 30.3 Å². The van der Waals surface area contributed by atoms with E-state index in [1.165, 1.54) is 43.3 Å². The number of pyridine rings is 2. The first-order valence-corrected chi connectivity index (χ1v) is 19.5. The molecule has 270 valence electrons. The molecule has 0 fully saturated rings. The normalized spacial score (nSPS) is 11.4. The van der Waals surface area contributed by atoms with Gasteiger partial charge < -0.3 is 0 Å². The summed E-state index contributed by atoms with van der Waals surface area (Å²) in [5, 5.41) is 8.53. The third kappa shape index (κ3) is 5.87. The molecule has 11 rings (SSSR count). The van der Waals surface area contributed by atoms with Gasteiger partial charge in [0.25, 0.3) is 0 Å². The van der Waals surface area contributed by atoms with Crippen LogP contribution in [0.25, 0.3) is 111 Å². The summed E-state index contributed by atoms with van der Waals surface area (Å²) < 4.78 is 0. The van der Waals surface area contributed by atoms with Gasteiger partial charge in [-0.3, -0.25) is 4.98 Å². The minimum atomic E-state index is 0.657. The SMILES string of the molecule is c1ccc(-c2ccc(-c3nc(-c4ccc(-c5cccc(-c6nc7ccccc7c7c8ccccc8c8ccccc8c67)c5)cc4)cc(-c4ccccn4)n3)cc2)cc1. The minimum Gasteiger partial charge on any atom is -0.255 e. The molecule has 0 aliphatic carbocycles. The van der Waals surface area contributed by atoms with E-state index < -0.39 is 0 Å². The summed E-state index contributed by atoms with van der Waals surface area (Å²) in [5.41, 5.74) is 12.0. The molecule has 0 amide bonds. The lowest BCUT2D eigenvalue weighted by Crippen LogP contribution is -1.97. The minimum absolute atomic E-state index is 0.657. The molecule has 8 aromatic carbocycles. The fraction of sp³-hybridized carbons (Fsp3) is 0. The van der Waals surface area contributed by atoms with Crippen LogP contribution in [0.5, 0.6) is 0 Å². The summed E-state index contributed by atoms with van der Waals surface area (Å²) in [4.78, 5) is 20.1. The standard InChI is InChI=1S/C54H34N4/c1-2-13-35(14-3-1)36-26-30-39(31-27-36)54-57-49(34-50(58-54)48-23-10-11-32-55-48)38-28-24-37(25-29-38)40-15-12-16-41(33-40)53-52-45-20-7-5-18-43(45)42-17-4-6-19-44(42)51(52)46-21-8-9-22-47(46)56-53/h1-34H. The van der Waals surface area contributed by atoms with Gasteiger partial charge in [-0.25, -0.2) is 15.0 Å². The third-order valence-corrected chi connectivity index (χ3v) is 11.1. The quantitative estimate of drug-likeness (QED) is 0.159. The van der Waals surface area contributed by atoms with Crippen LogP contribution >= 0.6 is 0 Å². The van der Waals surface area contributed by atoms with Crippen molar-refractivity contribution in [3.63, 3.8) is 0 Å². The van der Waals surface area contributed by atoms with Crippen molar-refractivity contribution in [3.8, 4) is 67.5 Å². The first-order valence-electron chi connectivity index (χ1n) is 19.5. The maximum atomic E-state index is 5.39. The van der Waals surface area contributed by atoms with E-state index in [2.05, 4.69) is 175 Å². The zero-order valence-corrected chi connectivity index (χ0v) is 31.4. The molecule has 0 bridgehead atoms. The van der Waals surface area contributed by atoms with E-state index in [-0.39, 0.29) is 0 Å². The Kier molecular flexibility index (Phi) is 8.11.